The minimum atomic E-state index is -1.59. The lowest BCUT2D eigenvalue weighted by molar-refractivity contribution is -0.342. The van der Waals surface area contributed by atoms with Crippen LogP contribution in [0, 0.1) is 17.8 Å². The summed E-state index contributed by atoms with van der Waals surface area (Å²) in [6.07, 6.45) is -6.93. The summed E-state index contributed by atoms with van der Waals surface area (Å²) in [4.78, 5) is 24.4. The molecule has 2 fully saturated rings. The van der Waals surface area contributed by atoms with Crippen LogP contribution in [0.25, 0.3) is 0 Å². The highest BCUT2D eigenvalue weighted by Gasteiger charge is 2.54. The standard InChI is InChI=1S/C17H24O10/c1-6-3-8(19)11-7(15(23)24-2)5-25-16(10(6)11)27-17-14(22)13(21)12(20)9(4-18)26-17/h5-6,9-14,16-18,20-22H,3-4H2,1-2H3/t6-,9+,10-,11-,12+,13-,14+,16+,17-/m1/s1. The van der Waals surface area contributed by atoms with Gasteiger partial charge < -0.3 is 39.4 Å². The first-order valence-corrected chi connectivity index (χ1v) is 8.72. The Bertz CT molecular complexity index is 617. The molecule has 0 unspecified atom stereocenters. The largest absolute Gasteiger partial charge is 0.472 e. The van der Waals surface area contributed by atoms with E-state index < -0.39 is 61.4 Å². The van der Waals surface area contributed by atoms with Gasteiger partial charge >= 0.3 is 5.97 Å². The van der Waals surface area contributed by atoms with Crippen LogP contribution in [-0.4, -0.2) is 82.9 Å². The third-order valence-corrected chi connectivity index (χ3v) is 5.43. The van der Waals surface area contributed by atoms with Gasteiger partial charge in [-0.05, 0) is 5.92 Å². The maximum Gasteiger partial charge on any atom is 0.337 e. The molecule has 2 heterocycles. The molecule has 9 atom stereocenters. The van der Waals surface area contributed by atoms with E-state index in [1.54, 1.807) is 0 Å². The molecule has 3 rings (SSSR count). The van der Waals surface area contributed by atoms with Crippen LogP contribution >= 0.6 is 0 Å². The summed E-state index contributed by atoms with van der Waals surface area (Å²) in [5.41, 5.74) is 0.102. The van der Waals surface area contributed by atoms with Crippen LogP contribution in [0.4, 0.5) is 0 Å². The number of methoxy groups -OCH3 is 1. The maximum atomic E-state index is 12.4. The Morgan fingerprint density at radius 2 is 1.93 bits per heavy atom. The molecule has 0 aromatic rings. The van der Waals surface area contributed by atoms with Crippen molar-refractivity contribution in [1.82, 2.24) is 0 Å². The average Bonchev–Trinajstić information content (AvgIpc) is 2.96. The van der Waals surface area contributed by atoms with Gasteiger partial charge in [-0.1, -0.05) is 6.92 Å². The minimum absolute atomic E-state index is 0.102. The van der Waals surface area contributed by atoms with E-state index in [4.69, 9.17) is 18.9 Å². The number of fused-ring (bicyclic) bond motifs is 1. The summed E-state index contributed by atoms with van der Waals surface area (Å²) in [7, 11) is 1.21. The predicted octanol–water partition coefficient (Wildman–Crippen LogP) is -1.94. The zero-order chi connectivity index (χ0) is 19.9. The molecule has 152 valence electrons. The average molecular weight is 388 g/mol. The molecule has 10 nitrogen and oxygen atoms in total. The number of Topliss-reactive ketones (excluding diaryl/α,β-unsaturated/α-hetero) is 1. The van der Waals surface area contributed by atoms with Crippen molar-refractivity contribution >= 4 is 11.8 Å². The first-order valence-electron chi connectivity index (χ1n) is 8.72. The van der Waals surface area contributed by atoms with E-state index in [1.807, 2.05) is 6.92 Å². The van der Waals surface area contributed by atoms with Crippen LogP contribution < -0.4 is 0 Å². The maximum absolute atomic E-state index is 12.4. The van der Waals surface area contributed by atoms with E-state index in [0.717, 1.165) is 6.26 Å². The molecule has 0 aromatic carbocycles. The first kappa shape index (κ1) is 20.2. The van der Waals surface area contributed by atoms with Crippen molar-refractivity contribution in [3.63, 3.8) is 0 Å². The fourth-order valence-corrected chi connectivity index (χ4v) is 3.96. The lowest BCUT2D eigenvalue weighted by Crippen LogP contribution is -2.60. The monoisotopic (exact) mass is 388 g/mol. The molecular formula is C17H24O10. The number of hydrogen-bond acceptors (Lipinski definition) is 10. The van der Waals surface area contributed by atoms with Crippen molar-refractivity contribution in [2.24, 2.45) is 17.8 Å². The van der Waals surface area contributed by atoms with Gasteiger partial charge in [0.05, 0.1) is 31.5 Å². The van der Waals surface area contributed by atoms with E-state index in [-0.39, 0.29) is 23.7 Å². The van der Waals surface area contributed by atoms with Crippen molar-refractivity contribution in [1.29, 1.82) is 0 Å². The molecular weight excluding hydrogens is 364 g/mol. The van der Waals surface area contributed by atoms with Gasteiger partial charge in [0.25, 0.3) is 0 Å². The second-order valence-electron chi connectivity index (χ2n) is 7.11. The van der Waals surface area contributed by atoms with E-state index in [2.05, 4.69) is 0 Å². The fraction of sp³-hybridized carbons (Fsp3) is 0.765. The van der Waals surface area contributed by atoms with Crippen molar-refractivity contribution in [2.45, 2.75) is 50.3 Å². The summed E-state index contributed by atoms with van der Waals surface area (Å²) >= 11 is 0. The number of rotatable bonds is 4. The molecule has 0 radical (unpaired) electrons. The summed E-state index contributed by atoms with van der Waals surface area (Å²) in [5, 5.41) is 39.1. The normalized spacial score (nSPS) is 44.3. The highest BCUT2D eigenvalue weighted by atomic mass is 16.8. The lowest BCUT2D eigenvalue weighted by atomic mass is 9.83. The Morgan fingerprint density at radius 1 is 1.22 bits per heavy atom. The second kappa shape index (κ2) is 7.82. The Labute approximate surface area is 155 Å². The van der Waals surface area contributed by atoms with Crippen LogP contribution in [0.15, 0.2) is 11.8 Å². The van der Waals surface area contributed by atoms with E-state index in [0.29, 0.717) is 0 Å². The number of carbonyl (C=O) groups excluding carboxylic acids is 2. The van der Waals surface area contributed by atoms with Gasteiger partial charge in [0, 0.05) is 12.3 Å². The summed E-state index contributed by atoms with van der Waals surface area (Å²) in [6.45, 7) is 1.22. The molecule has 2 aliphatic heterocycles. The van der Waals surface area contributed by atoms with Gasteiger partial charge in [0.15, 0.2) is 6.29 Å². The molecule has 10 heteroatoms. The SMILES string of the molecule is COC(=O)C1=CO[C@@H](O[C@H]2O[C@@H](CO)[C@H](O)[C@@H](O)[C@@H]2O)[C@H]2[C@H]1C(=O)C[C@H]2C. The molecule has 0 bridgehead atoms. The quantitative estimate of drug-likeness (QED) is 0.400. The van der Waals surface area contributed by atoms with Crippen LogP contribution in [0.3, 0.4) is 0 Å². The summed E-state index contributed by atoms with van der Waals surface area (Å²) in [5.74, 6) is -2.28. The van der Waals surface area contributed by atoms with Gasteiger partial charge in [-0.2, -0.15) is 0 Å². The number of carbonyl (C=O) groups is 2. The van der Waals surface area contributed by atoms with Gasteiger partial charge in [0.1, 0.15) is 30.2 Å². The van der Waals surface area contributed by atoms with Crippen LogP contribution in [0.1, 0.15) is 13.3 Å². The molecule has 0 amide bonds. The molecule has 1 aliphatic carbocycles. The van der Waals surface area contributed by atoms with Gasteiger partial charge in [-0.25, -0.2) is 4.79 Å². The molecule has 1 saturated heterocycles. The van der Waals surface area contributed by atoms with Crippen LogP contribution in [0.5, 0.6) is 0 Å². The Balaban J connectivity index is 1.82. The van der Waals surface area contributed by atoms with E-state index in [1.165, 1.54) is 7.11 Å². The third-order valence-electron chi connectivity index (χ3n) is 5.43. The number of aliphatic hydroxyl groups is 4. The van der Waals surface area contributed by atoms with E-state index in [9.17, 15) is 30.0 Å². The highest BCUT2D eigenvalue weighted by molar-refractivity contribution is 5.99. The zero-order valence-corrected chi connectivity index (χ0v) is 14.9. The number of ether oxygens (including phenoxy) is 4. The number of ketones is 1. The van der Waals surface area contributed by atoms with Gasteiger partial charge in [-0.3, -0.25) is 4.79 Å². The van der Waals surface area contributed by atoms with Crippen molar-refractivity contribution in [2.75, 3.05) is 13.7 Å². The fourth-order valence-electron chi connectivity index (χ4n) is 3.96. The molecule has 0 aromatic heterocycles. The summed E-state index contributed by atoms with van der Waals surface area (Å²) in [6, 6.07) is 0. The third kappa shape index (κ3) is 3.48. The molecule has 1 saturated carbocycles. The Kier molecular flexibility index (Phi) is 5.84. The van der Waals surface area contributed by atoms with Crippen LogP contribution in [-0.2, 0) is 28.5 Å². The van der Waals surface area contributed by atoms with Crippen LogP contribution in [0.2, 0.25) is 0 Å². The van der Waals surface area contributed by atoms with Crippen molar-refractivity contribution in [3.05, 3.63) is 11.8 Å². The Hall–Kier alpha value is -1.56. The van der Waals surface area contributed by atoms with Crippen molar-refractivity contribution < 1.29 is 49.0 Å². The molecule has 4 N–H and O–H groups in total. The van der Waals surface area contributed by atoms with Crippen molar-refractivity contribution in [3.8, 4) is 0 Å². The number of esters is 1. The Morgan fingerprint density at radius 3 is 2.56 bits per heavy atom. The van der Waals surface area contributed by atoms with Gasteiger partial charge in [-0.15, -0.1) is 0 Å². The molecule has 27 heavy (non-hydrogen) atoms. The first-order chi connectivity index (χ1) is 12.8. The molecule has 0 spiro atoms. The summed E-state index contributed by atoms with van der Waals surface area (Å²) < 4.78 is 21.2. The predicted molar refractivity (Wildman–Crippen MR) is 85.6 cm³/mol. The minimum Gasteiger partial charge on any atom is -0.472 e. The zero-order valence-electron chi connectivity index (χ0n) is 14.9. The smallest absolute Gasteiger partial charge is 0.337 e. The second-order valence-corrected chi connectivity index (χ2v) is 7.11. The molecule has 3 aliphatic rings. The lowest BCUT2D eigenvalue weighted by Gasteiger charge is -2.42. The number of aliphatic hydroxyl groups excluding tert-OH is 4. The van der Waals surface area contributed by atoms with Gasteiger partial charge in [0.2, 0.25) is 6.29 Å². The number of hydrogen-bond donors (Lipinski definition) is 4. The topological polar surface area (TPSA) is 152 Å². The highest BCUT2D eigenvalue weighted by Crippen LogP contribution is 2.45. The van der Waals surface area contributed by atoms with E-state index >= 15 is 0 Å².